The van der Waals surface area contributed by atoms with E-state index in [2.05, 4.69) is 13.5 Å². The minimum Gasteiger partial charge on any atom is -0.403 e. The summed E-state index contributed by atoms with van der Waals surface area (Å²) in [4.78, 5) is 0. The number of rotatable bonds is 11. The first-order valence-corrected chi connectivity index (χ1v) is 6.70. The molecule has 2 N–H and O–H groups in total. The number of nitrogens with two attached hydrogens (primary N) is 1. The molecule has 0 bridgehead atoms. The van der Waals surface area contributed by atoms with Crippen molar-refractivity contribution in [2.45, 2.75) is 77.6 Å². The zero-order valence-corrected chi connectivity index (χ0v) is 10.6. The second-order valence-corrected chi connectivity index (χ2v) is 4.59. The molecule has 0 radical (unpaired) electrons. The molecular weight excluding hydrogens is 182 g/mol. The van der Waals surface area contributed by atoms with E-state index in [0.717, 1.165) is 12.1 Å². The van der Waals surface area contributed by atoms with E-state index >= 15 is 0 Å². The summed E-state index contributed by atoms with van der Waals surface area (Å²) in [6.45, 7) is 5.98. The Bertz CT molecular complexity index is 140. The Kier molecular flexibility index (Phi) is 11.3. The Morgan fingerprint density at radius 3 is 1.60 bits per heavy atom. The van der Waals surface area contributed by atoms with Gasteiger partial charge in [-0.3, -0.25) is 0 Å². The molecule has 0 saturated carbocycles. The highest BCUT2D eigenvalue weighted by atomic mass is 14.5. The minimum atomic E-state index is 0.842. The topological polar surface area (TPSA) is 26.0 Å². The van der Waals surface area contributed by atoms with Crippen molar-refractivity contribution in [1.82, 2.24) is 0 Å². The van der Waals surface area contributed by atoms with E-state index in [4.69, 9.17) is 5.73 Å². The molecule has 1 heteroatoms. The van der Waals surface area contributed by atoms with Crippen LogP contribution in [0.1, 0.15) is 77.6 Å². The summed E-state index contributed by atoms with van der Waals surface area (Å²) in [5.74, 6) is 0. The molecule has 90 valence electrons. The fraction of sp³-hybridized carbons (Fsp3) is 0.857. The van der Waals surface area contributed by atoms with Crippen molar-refractivity contribution in [2.75, 3.05) is 0 Å². The van der Waals surface area contributed by atoms with Crippen molar-refractivity contribution in [3.05, 3.63) is 12.3 Å². The summed E-state index contributed by atoms with van der Waals surface area (Å²) in [6, 6.07) is 0. The summed E-state index contributed by atoms with van der Waals surface area (Å²) < 4.78 is 0. The van der Waals surface area contributed by atoms with Gasteiger partial charge in [-0.2, -0.15) is 0 Å². The van der Waals surface area contributed by atoms with Crippen molar-refractivity contribution in [3.8, 4) is 0 Å². The number of hydrogen-bond acceptors (Lipinski definition) is 1. The van der Waals surface area contributed by atoms with Gasteiger partial charge >= 0.3 is 0 Å². The van der Waals surface area contributed by atoms with Crippen molar-refractivity contribution in [3.63, 3.8) is 0 Å². The van der Waals surface area contributed by atoms with Gasteiger partial charge in [-0.05, 0) is 12.8 Å². The van der Waals surface area contributed by atoms with Gasteiger partial charge in [-0.15, -0.1) is 0 Å². The van der Waals surface area contributed by atoms with Crippen LogP contribution >= 0.6 is 0 Å². The lowest BCUT2D eigenvalue weighted by Gasteiger charge is -2.02. The first kappa shape index (κ1) is 14.5. The molecule has 0 aromatic rings. The van der Waals surface area contributed by atoms with Gasteiger partial charge in [-0.25, -0.2) is 0 Å². The van der Waals surface area contributed by atoms with Crippen LogP contribution in [0.5, 0.6) is 0 Å². The quantitative estimate of drug-likeness (QED) is 0.489. The molecule has 0 aromatic carbocycles. The lowest BCUT2D eigenvalue weighted by molar-refractivity contribution is 0.556. The summed E-state index contributed by atoms with van der Waals surface area (Å²) in [6.07, 6.45) is 14.8. The third-order valence-electron chi connectivity index (χ3n) is 2.85. The standard InChI is InChI=1S/C14H29N/c1-3-4-5-6-7-8-9-10-11-12-13-14(2)15/h2-13,15H2,1H3. The molecule has 0 aliphatic rings. The van der Waals surface area contributed by atoms with Crippen LogP contribution in [0.2, 0.25) is 0 Å². The number of allylic oxidation sites excluding steroid dienone is 1. The molecule has 0 unspecified atom stereocenters. The van der Waals surface area contributed by atoms with Crippen molar-refractivity contribution in [2.24, 2.45) is 5.73 Å². The summed E-state index contributed by atoms with van der Waals surface area (Å²) in [5.41, 5.74) is 6.35. The van der Waals surface area contributed by atoms with E-state index in [1.54, 1.807) is 0 Å². The molecule has 15 heavy (non-hydrogen) atoms. The van der Waals surface area contributed by atoms with Crippen LogP contribution in [0.4, 0.5) is 0 Å². The molecule has 0 fully saturated rings. The molecule has 0 saturated heterocycles. The fourth-order valence-electron chi connectivity index (χ4n) is 1.84. The highest BCUT2D eigenvalue weighted by molar-refractivity contribution is 4.84. The van der Waals surface area contributed by atoms with Crippen molar-refractivity contribution in [1.29, 1.82) is 0 Å². The SMILES string of the molecule is C=C(N)CCCCCCCCCCCC. The number of hydrogen-bond donors (Lipinski definition) is 1. The molecule has 0 aromatic heterocycles. The summed E-state index contributed by atoms with van der Waals surface area (Å²) in [7, 11) is 0. The molecule has 0 aliphatic heterocycles. The van der Waals surface area contributed by atoms with E-state index in [-0.39, 0.29) is 0 Å². The Labute approximate surface area is 96.1 Å². The molecule has 0 aliphatic carbocycles. The van der Waals surface area contributed by atoms with E-state index < -0.39 is 0 Å². The molecule has 0 spiro atoms. The normalized spacial score (nSPS) is 10.5. The van der Waals surface area contributed by atoms with Crippen LogP contribution in [-0.4, -0.2) is 0 Å². The van der Waals surface area contributed by atoms with Crippen LogP contribution in [0.25, 0.3) is 0 Å². The highest BCUT2D eigenvalue weighted by Crippen LogP contribution is 2.11. The lowest BCUT2D eigenvalue weighted by Crippen LogP contribution is -1.93. The lowest BCUT2D eigenvalue weighted by atomic mass is 10.1. The number of unbranched alkanes of at least 4 members (excludes halogenated alkanes) is 9. The maximum atomic E-state index is 5.51. The maximum Gasteiger partial charge on any atom is 0.000744 e. The van der Waals surface area contributed by atoms with Gasteiger partial charge in [0.25, 0.3) is 0 Å². The van der Waals surface area contributed by atoms with Crippen molar-refractivity contribution >= 4 is 0 Å². The van der Waals surface area contributed by atoms with Crippen LogP contribution in [0.15, 0.2) is 12.3 Å². The maximum absolute atomic E-state index is 5.51. The van der Waals surface area contributed by atoms with Crippen LogP contribution in [0.3, 0.4) is 0 Å². The molecule has 0 amide bonds. The molecular formula is C14H29N. The second kappa shape index (κ2) is 11.6. The van der Waals surface area contributed by atoms with Gasteiger partial charge < -0.3 is 5.73 Å². The Hall–Kier alpha value is -0.460. The van der Waals surface area contributed by atoms with E-state index in [0.29, 0.717) is 0 Å². The first-order valence-electron chi connectivity index (χ1n) is 6.70. The zero-order valence-electron chi connectivity index (χ0n) is 10.6. The van der Waals surface area contributed by atoms with E-state index in [9.17, 15) is 0 Å². The molecule has 0 rings (SSSR count). The smallest absolute Gasteiger partial charge is 0.000744 e. The fourth-order valence-corrected chi connectivity index (χ4v) is 1.84. The summed E-state index contributed by atoms with van der Waals surface area (Å²) in [5, 5.41) is 0. The van der Waals surface area contributed by atoms with E-state index in [1.165, 1.54) is 64.2 Å². The second-order valence-electron chi connectivity index (χ2n) is 4.59. The Morgan fingerprint density at radius 1 is 0.800 bits per heavy atom. The third kappa shape index (κ3) is 13.5. The van der Waals surface area contributed by atoms with Gasteiger partial charge in [0.2, 0.25) is 0 Å². The molecule has 1 nitrogen and oxygen atoms in total. The Balaban J connectivity index is 2.89. The Morgan fingerprint density at radius 2 is 1.20 bits per heavy atom. The predicted molar refractivity (Wildman–Crippen MR) is 69.8 cm³/mol. The van der Waals surface area contributed by atoms with Gasteiger partial charge in [0.15, 0.2) is 0 Å². The summed E-state index contributed by atoms with van der Waals surface area (Å²) >= 11 is 0. The average molecular weight is 211 g/mol. The van der Waals surface area contributed by atoms with Crippen LogP contribution in [0, 0.1) is 0 Å². The van der Waals surface area contributed by atoms with Crippen molar-refractivity contribution < 1.29 is 0 Å². The monoisotopic (exact) mass is 211 g/mol. The average Bonchev–Trinajstić information content (AvgIpc) is 2.20. The molecule has 0 heterocycles. The van der Waals surface area contributed by atoms with Gasteiger partial charge in [0, 0.05) is 5.70 Å². The zero-order chi connectivity index (χ0) is 11.4. The van der Waals surface area contributed by atoms with Gasteiger partial charge in [0.1, 0.15) is 0 Å². The van der Waals surface area contributed by atoms with Crippen LogP contribution < -0.4 is 5.73 Å². The van der Waals surface area contributed by atoms with E-state index in [1.807, 2.05) is 0 Å². The largest absolute Gasteiger partial charge is 0.403 e. The molecule has 0 atom stereocenters. The first-order chi connectivity index (χ1) is 7.27. The van der Waals surface area contributed by atoms with Crippen LogP contribution in [-0.2, 0) is 0 Å². The third-order valence-corrected chi connectivity index (χ3v) is 2.85. The predicted octanol–water partition coefficient (Wildman–Crippen LogP) is 4.77. The minimum absolute atomic E-state index is 0.842. The highest BCUT2D eigenvalue weighted by Gasteiger charge is 1.92. The van der Waals surface area contributed by atoms with Gasteiger partial charge in [-0.1, -0.05) is 71.3 Å². The van der Waals surface area contributed by atoms with Gasteiger partial charge in [0.05, 0.1) is 0 Å².